The Morgan fingerprint density at radius 2 is 1.71 bits per heavy atom. The molecule has 0 spiro atoms. The molecule has 9 nitrogen and oxygen atoms in total. The summed E-state index contributed by atoms with van der Waals surface area (Å²) in [5, 5.41) is 5.52. The third kappa shape index (κ3) is 6.41. The maximum Gasteiger partial charge on any atom is 0.309 e. The van der Waals surface area contributed by atoms with Gasteiger partial charge in [0.05, 0.1) is 12.4 Å². The predicted octanol–water partition coefficient (Wildman–Crippen LogP) is 1.46. The fraction of sp³-hybridized carbons (Fsp3) is 0.360. The topological polar surface area (TPSA) is 95.4 Å². The fourth-order valence-electron chi connectivity index (χ4n) is 4.19. The number of hydrogen-bond donors (Lipinski definition) is 2. The molecule has 1 saturated heterocycles. The van der Waals surface area contributed by atoms with Gasteiger partial charge in [-0.15, -0.1) is 0 Å². The van der Waals surface area contributed by atoms with E-state index in [1.807, 2.05) is 35.2 Å². The van der Waals surface area contributed by atoms with Gasteiger partial charge in [-0.3, -0.25) is 19.5 Å². The standard InChI is InChI=1S/C25H31N7O2/c33-24(28-10-5-12-30-13-11-27-20-30)25(34)29-19-23(21-6-4-9-26-18-21)32-16-14-31(15-17-32)22-7-2-1-3-8-22/h1-4,6-9,11,13,18,20,23H,5,10,12,14-17,19H2,(H,28,33)(H,29,34)/t23-/m0/s1. The number of nitrogens with zero attached hydrogens (tertiary/aromatic N) is 5. The maximum absolute atomic E-state index is 12.4. The Kier molecular flexibility index (Phi) is 8.23. The normalized spacial score (nSPS) is 15.0. The van der Waals surface area contributed by atoms with Crippen LogP contribution in [0.25, 0.3) is 0 Å². The lowest BCUT2D eigenvalue weighted by molar-refractivity contribution is -0.139. The van der Waals surface area contributed by atoms with Gasteiger partial charge in [0.15, 0.2) is 0 Å². The monoisotopic (exact) mass is 461 g/mol. The van der Waals surface area contributed by atoms with E-state index in [1.165, 1.54) is 5.69 Å². The van der Waals surface area contributed by atoms with Gasteiger partial charge in [0.1, 0.15) is 0 Å². The SMILES string of the molecule is O=C(NCCCn1ccnc1)C(=O)NC[C@@H](c1cccnc1)N1CCN(c2ccccc2)CC1. The molecule has 1 atom stereocenters. The number of benzene rings is 1. The first-order chi connectivity index (χ1) is 16.7. The van der Waals surface area contributed by atoms with Crippen LogP contribution in [0, 0.1) is 0 Å². The Morgan fingerprint density at radius 3 is 2.41 bits per heavy atom. The molecule has 0 bridgehead atoms. The van der Waals surface area contributed by atoms with Crippen molar-refractivity contribution in [1.82, 2.24) is 30.1 Å². The first-order valence-electron chi connectivity index (χ1n) is 11.7. The van der Waals surface area contributed by atoms with Crippen LogP contribution >= 0.6 is 0 Å². The lowest BCUT2D eigenvalue weighted by Gasteiger charge is -2.40. The number of nitrogens with one attached hydrogen (secondary N) is 2. The van der Waals surface area contributed by atoms with E-state index >= 15 is 0 Å². The summed E-state index contributed by atoms with van der Waals surface area (Å²) in [7, 11) is 0. The van der Waals surface area contributed by atoms with Gasteiger partial charge in [0.2, 0.25) is 0 Å². The van der Waals surface area contributed by atoms with Gasteiger partial charge in [-0.2, -0.15) is 0 Å². The Labute approximate surface area is 199 Å². The number of para-hydroxylation sites is 1. The number of imidazole rings is 1. The summed E-state index contributed by atoms with van der Waals surface area (Å²) in [4.78, 5) is 37.7. The van der Waals surface area contributed by atoms with E-state index in [0.717, 1.165) is 44.7 Å². The molecule has 0 aliphatic carbocycles. The largest absolute Gasteiger partial charge is 0.369 e. The lowest BCUT2D eigenvalue weighted by atomic mass is 10.1. The van der Waals surface area contributed by atoms with Gasteiger partial charge in [-0.05, 0) is 30.2 Å². The Balaban J connectivity index is 1.28. The van der Waals surface area contributed by atoms with E-state index in [1.54, 1.807) is 18.7 Å². The summed E-state index contributed by atoms with van der Waals surface area (Å²) in [6, 6.07) is 14.3. The van der Waals surface area contributed by atoms with Crippen LogP contribution in [0.3, 0.4) is 0 Å². The molecule has 1 aliphatic rings. The number of carbonyl (C=O) groups excluding carboxylic acids is 2. The Morgan fingerprint density at radius 1 is 0.912 bits per heavy atom. The molecule has 2 amide bonds. The number of pyridine rings is 1. The minimum absolute atomic E-state index is 0.0513. The van der Waals surface area contributed by atoms with E-state index in [4.69, 9.17) is 0 Å². The van der Waals surface area contributed by atoms with Crippen molar-refractivity contribution in [2.45, 2.75) is 19.0 Å². The zero-order chi connectivity index (χ0) is 23.6. The zero-order valence-electron chi connectivity index (χ0n) is 19.2. The number of hydrogen-bond acceptors (Lipinski definition) is 6. The van der Waals surface area contributed by atoms with Crippen LogP contribution in [0.15, 0.2) is 73.6 Å². The molecular formula is C25H31N7O2. The summed E-state index contributed by atoms with van der Waals surface area (Å²) in [5.41, 5.74) is 2.25. The summed E-state index contributed by atoms with van der Waals surface area (Å²) in [6.45, 7) is 5.00. The minimum atomic E-state index is -0.612. The van der Waals surface area contributed by atoms with Crippen LogP contribution in [0.4, 0.5) is 5.69 Å². The van der Waals surface area contributed by atoms with Gasteiger partial charge in [-0.25, -0.2) is 4.98 Å². The van der Waals surface area contributed by atoms with Crippen LogP contribution < -0.4 is 15.5 Å². The molecule has 0 radical (unpaired) electrons. The molecule has 2 N–H and O–H groups in total. The molecule has 34 heavy (non-hydrogen) atoms. The molecular weight excluding hydrogens is 430 g/mol. The molecule has 1 fully saturated rings. The van der Waals surface area contributed by atoms with Crippen molar-refractivity contribution in [3.8, 4) is 0 Å². The van der Waals surface area contributed by atoms with Crippen molar-refractivity contribution >= 4 is 17.5 Å². The highest BCUT2D eigenvalue weighted by molar-refractivity contribution is 6.35. The van der Waals surface area contributed by atoms with Crippen LogP contribution in [0.1, 0.15) is 18.0 Å². The van der Waals surface area contributed by atoms with Gasteiger partial charge in [0.25, 0.3) is 0 Å². The highest BCUT2D eigenvalue weighted by Gasteiger charge is 2.26. The van der Waals surface area contributed by atoms with Crippen molar-refractivity contribution < 1.29 is 9.59 Å². The van der Waals surface area contributed by atoms with Crippen LogP contribution in [-0.4, -0.2) is 70.5 Å². The van der Waals surface area contributed by atoms with Crippen LogP contribution in [0.2, 0.25) is 0 Å². The van der Waals surface area contributed by atoms with Crippen molar-refractivity contribution in [2.75, 3.05) is 44.2 Å². The van der Waals surface area contributed by atoms with E-state index in [-0.39, 0.29) is 6.04 Å². The van der Waals surface area contributed by atoms with Crippen molar-refractivity contribution in [1.29, 1.82) is 0 Å². The quantitative estimate of drug-likeness (QED) is 0.370. The Hall–Kier alpha value is -3.72. The third-order valence-electron chi connectivity index (χ3n) is 6.05. The minimum Gasteiger partial charge on any atom is -0.369 e. The van der Waals surface area contributed by atoms with Gasteiger partial charge in [-0.1, -0.05) is 24.3 Å². The Bertz CT molecular complexity index is 1020. The van der Waals surface area contributed by atoms with Crippen molar-refractivity contribution in [2.24, 2.45) is 0 Å². The van der Waals surface area contributed by atoms with Gasteiger partial charge < -0.3 is 20.1 Å². The van der Waals surface area contributed by atoms with Crippen LogP contribution in [-0.2, 0) is 16.1 Å². The zero-order valence-corrected chi connectivity index (χ0v) is 19.2. The second-order valence-electron chi connectivity index (χ2n) is 8.28. The molecule has 0 saturated carbocycles. The summed E-state index contributed by atoms with van der Waals surface area (Å²) in [5.74, 6) is -1.22. The van der Waals surface area contributed by atoms with Crippen molar-refractivity contribution in [3.05, 3.63) is 79.1 Å². The number of aromatic nitrogens is 3. The van der Waals surface area contributed by atoms with Crippen molar-refractivity contribution in [3.63, 3.8) is 0 Å². The maximum atomic E-state index is 12.4. The van der Waals surface area contributed by atoms with Gasteiger partial charge in [0, 0.05) is 76.3 Å². The molecule has 9 heteroatoms. The van der Waals surface area contributed by atoms with E-state index in [2.05, 4.69) is 54.7 Å². The highest BCUT2D eigenvalue weighted by Crippen LogP contribution is 2.23. The molecule has 1 aromatic carbocycles. The molecule has 3 aromatic rings. The molecule has 178 valence electrons. The second-order valence-corrected chi connectivity index (χ2v) is 8.28. The third-order valence-corrected chi connectivity index (χ3v) is 6.05. The highest BCUT2D eigenvalue weighted by atomic mass is 16.2. The fourth-order valence-corrected chi connectivity index (χ4v) is 4.19. The smallest absolute Gasteiger partial charge is 0.309 e. The first-order valence-corrected chi connectivity index (χ1v) is 11.7. The van der Waals surface area contributed by atoms with Crippen LogP contribution in [0.5, 0.6) is 0 Å². The summed E-state index contributed by atoms with van der Waals surface area (Å²) in [6.07, 6.45) is 9.60. The number of piperazine rings is 1. The number of amides is 2. The van der Waals surface area contributed by atoms with E-state index in [9.17, 15) is 9.59 Å². The number of carbonyl (C=O) groups is 2. The first kappa shape index (κ1) is 23.4. The van der Waals surface area contributed by atoms with Gasteiger partial charge >= 0.3 is 11.8 Å². The van der Waals surface area contributed by atoms with E-state index < -0.39 is 11.8 Å². The molecule has 3 heterocycles. The molecule has 0 unspecified atom stereocenters. The summed E-state index contributed by atoms with van der Waals surface area (Å²) >= 11 is 0. The number of anilines is 1. The molecule has 1 aliphatic heterocycles. The lowest BCUT2D eigenvalue weighted by Crippen LogP contribution is -2.51. The summed E-state index contributed by atoms with van der Waals surface area (Å²) < 4.78 is 1.93. The molecule has 2 aromatic heterocycles. The second kappa shape index (κ2) is 11.9. The molecule has 4 rings (SSSR count). The predicted molar refractivity (Wildman–Crippen MR) is 130 cm³/mol. The van der Waals surface area contributed by atoms with E-state index in [0.29, 0.717) is 13.1 Å². The number of rotatable bonds is 9. The number of aryl methyl sites for hydroxylation is 1. The average molecular weight is 462 g/mol. The average Bonchev–Trinajstić information content (AvgIpc) is 3.42.